The van der Waals surface area contributed by atoms with E-state index in [9.17, 15) is 4.79 Å². The van der Waals surface area contributed by atoms with Gasteiger partial charge in [-0.15, -0.1) is 0 Å². The third-order valence-corrected chi connectivity index (χ3v) is 5.99. The number of esters is 1. The molecule has 2 aromatic rings. The van der Waals surface area contributed by atoms with Crippen molar-refractivity contribution in [3.63, 3.8) is 0 Å². The van der Waals surface area contributed by atoms with Crippen molar-refractivity contribution in [3.05, 3.63) is 59.7 Å². The first-order chi connectivity index (χ1) is 16.6. The number of ether oxygens (including phenoxy) is 3. The van der Waals surface area contributed by atoms with E-state index in [0.29, 0.717) is 17.9 Å². The molecule has 1 unspecified atom stereocenters. The van der Waals surface area contributed by atoms with E-state index in [1.807, 2.05) is 24.3 Å². The maximum absolute atomic E-state index is 12.4. The third kappa shape index (κ3) is 11.2. The Kier molecular flexibility index (Phi) is 14.1. The fourth-order valence-electron chi connectivity index (χ4n) is 3.83. The molecule has 0 aliphatic heterocycles. The lowest BCUT2D eigenvalue weighted by molar-refractivity contribution is 0.0627. The third-order valence-electron chi connectivity index (χ3n) is 5.99. The highest BCUT2D eigenvalue weighted by atomic mass is 16.5. The molecule has 34 heavy (non-hydrogen) atoms. The van der Waals surface area contributed by atoms with Crippen LogP contribution in [0.3, 0.4) is 0 Å². The predicted octanol–water partition coefficient (Wildman–Crippen LogP) is 8.69. The lowest BCUT2D eigenvalue weighted by Crippen LogP contribution is -2.08. The van der Waals surface area contributed by atoms with Gasteiger partial charge in [0.25, 0.3) is 0 Å². The van der Waals surface area contributed by atoms with Gasteiger partial charge >= 0.3 is 5.97 Å². The van der Waals surface area contributed by atoms with Gasteiger partial charge in [0.15, 0.2) is 0 Å². The minimum absolute atomic E-state index is 0.0268. The van der Waals surface area contributed by atoms with Crippen molar-refractivity contribution in [2.75, 3.05) is 13.2 Å². The van der Waals surface area contributed by atoms with Crippen molar-refractivity contribution in [3.8, 4) is 11.5 Å². The van der Waals surface area contributed by atoms with Gasteiger partial charge in [-0.1, -0.05) is 83.8 Å². The number of rotatable bonds is 18. The van der Waals surface area contributed by atoms with Crippen LogP contribution in [0, 0.1) is 0 Å². The summed E-state index contributed by atoms with van der Waals surface area (Å²) in [5, 5.41) is 0. The molecule has 0 fully saturated rings. The minimum atomic E-state index is -0.375. The smallest absolute Gasteiger partial charge is 0.343 e. The van der Waals surface area contributed by atoms with Crippen molar-refractivity contribution in [2.24, 2.45) is 0 Å². The summed E-state index contributed by atoms with van der Waals surface area (Å²) in [6, 6.07) is 14.6. The second-order valence-electron chi connectivity index (χ2n) is 9.03. The number of hydrogen-bond acceptors (Lipinski definition) is 4. The molecular weight excluding hydrogens is 424 g/mol. The van der Waals surface area contributed by atoms with Gasteiger partial charge < -0.3 is 14.2 Å². The maximum atomic E-state index is 12.4. The van der Waals surface area contributed by atoms with E-state index in [4.69, 9.17) is 14.2 Å². The summed E-state index contributed by atoms with van der Waals surface area (Å²) < 4.78 is 17.1. The van der Waals surface area contributed by atoms with Crippen LogP contribution in [-0.4, -0.2) is 19.2 Å². The van der Waals surface area contributed by atoms with E-state index in [1.165, 1.54) is 57.8 Å². The number of unbranched alkanes of at least 4 members (excludes halogenated alkanes) is 9. The lowest BCUT2D eigenvalue weighted by Gasteiger charge is -2.14. The molecule has 2 aromatic carbocycles. The molecule has 1 atom stereocenters. The quantitative estimate of drug-likeness (QED) is 0.125. The van der Waals surface area contributed by atoms with Crippen LogP contribution in [0.5, 0.6) is 11.5 Å². The Balaban J connectivity index is 1.62. The summed E-state index contributed by atoms with van der Waals surface area (Å²) in [5.41, 5.74) is 1.59. The molecule has 0 aliphatic carbocycles. The number of benzene rings is 2. The van der Waals surface area contributed by atoms with Crippen LogP contribution in [-0.2, 0) is 4.74 Å². The van der Waals surface area contributed by atoms with E-state index in [-0.39, 0.29) is 12.1 Å². The Morgan fingerprint density at radius 1 is 0.676 bits per heavy atom. The summed E-state index contributed by atoms with van der Waals surface area (Å²) in [6.45, 7) is 7.84. The summed E-state index contributed by atoms with van der Waals surface area (Å²) in [5.74, 6) is 0.913. The van der Waals surface area contributed by atoms with Gasteiger partial charge in [-0.25, -0.2) is 4.79 Å². The van der Waals surface area contributed by atoms with E-state index < -0.39 is 0 Å². The second-order valence-corrected chi connectivity index (χ2v) is 9.03. The average Bonchev–Trinajstić information content (AvgIpc) is 2.86. The second kappa shape index (κ2) is 17.2. The normalized spacial score (nSPS) is 11.9. The Labute approximate surface area is 207 Å². The molecule has 4 heteroatoms. The molecule has 2 rings (SSSR count). The van der Waals surface area contributed by atoms with Gasteiger partial charge in [0, 0.05) is 6.61 Å². The molecule has 4 nitrogen and oxygen atoms in total. The van der Waals surface area contributed by atoms with Gasteiger partial charge in [-0.05, 0) is 61.7 Å². The molecule has 0 saturated carbocycles. The fourth-order valence-corrected chi connectivity index (χ4v) is 3.83. The summed E-state index contributed by atoms with van der Waals surface area (Å²) in [4.78, 5) is 12.4. The highest BCUT2D eigenvalue weighted by molar-refractivity contribution is 5.91. The zero-order chi connectivity index (χ0) is 24.4. The van der Waals surface area contributed by atoms with Gasteiger partial charge in [-0.3, -0.25) is 0 Å². The SMILES string of the molecule is CCCCCCCCCCCCOC(C)c1ccc(OC(=O)c2ccc(OCCC)cc2)cc1. The van der Waals surface area contributed by atoms with Crippen molar-refractivity contribution >= 4 is 5.97 Å². The molecule has 0 heterocycles. The highest BCUT2D eigenvalue weighted by Gasteiger charge is 2.10. The first-order valence-corrected chi connectivity index (χ1v) is 13.3. The Morgan fingerprint density at radius 3 is 1.82 bits per heavy atom. The van der Waals surface area contributed by atoms with E-state index in [2.05, 4.69) is 20.8 Å². The molecule has 0 N–H and O–H groups in total. The fraction of sp³-hybridized carbons (Fsp3) is 0.567. The van der Waals surface area contributed by atoms with E-state index in [1.54, 1.807) is 24.3 Å². The number of carbonyl (C=O) groups excluding carboxylic acids is 1. The van der Waals surface area contributed by atoms with Crippen molar-refractivity contribution < 1.29 is 19.0 Å². The van der Waals surface area contributed by atoms with Crippen molar-refractivity contribution in [2.45, 2.75) is 97.5 Å². The first-order valence-electron chi connectivity index (χ1n) is 13.3. The zero-order valence-corrected chi connectivity index (χ0v) is 21.5. The van der Waals surface area contributed by atoms with Crippen LogP contribution in [0.15, 0.2) is 48.5 Å². The Hall–Kier alpha value is -2.33. The van der Waals surface area contributed by atoms with Crippen LogP contribution in [0.1, 0.15) is 113 Å². The first kappa shape index (κ1) is 27.9. The molecule has 0 amide bonds. The molecule has 0 aliphatic rings. The highest BCUT2D eigenvalue weighted by Crippen LogP contribution is 2.22. The van der Waals surface area contributed by atoms with Crippen LogP contribution in [0.25, 0.3) is 0 Å². The van der Waals surface area contributed by atoms with Crippen LogP contribution >= 0.6 is 0 Å². The lowest BCUT2D eigenvalue weighted by atomic mass is 10.1. The topological polar surface area (TPSA) is 44.8 Å². The number of hydrogen-bond donors (Lipinski definition) is 0. The molecule has 0 bridgehead atoms. The Morgan fingerprint density at radius 2 is 1.24 bits per heavy atom. The monoisotopic (exact) mass is 468 g/mol. The van der Waals surface area contributed by atoms with Crippen LogP contribution < -0.4 is 9.47 Å². The van der Waals surface area contributed by atoms with E-state index >= 15 is 0 Å². The average molecular weight is 469 g/mol. The zero-order valence-electron chi connectivity index (χ0n) is 21.5. The van der Waals surface area contributed by atoms with Crippen LogP contribution in [0.4, 0.5) is 0 Å². The summed E-state index contributed by atoms with van der Waals surface area (Å²) in [7, 11) is 0. The summed E-state index contributed by atoms with van der Waals surface area (Å²) in [6.07, 6.45) is 14.2. The molecule has 0 saturated heterocycles. The molecule has 0 aromatic heterocycles. The van der Waals surface area contributed by atoms with Gasteiger partial charge in [-0.2, -0.15) is 0 Å². The molecule has 188 valence electrons. The standard InChI is InChI=1S/C30H44O4/c1-4-6-7-8-9-10-11-12-13-14-24-32-25(3)26-15-21-29(22-16-26)34-30(31)27-17-19-28(20-18-27)33-23-5-2/h15-22,25H,4-14,23-24H2,1-3H3. The minimum Gasteiger partial charge on any atom is -0.494 e. The number of carbonyl (C=O) groups is 1. The van der Waals surface area contributed by atoms with Crippen LogP contribution in [0.2, 0.25) is 0 Å². The molecule has 0 radical (unpaired) electrons. The maximum Gasteiger partial charge on any atom is 0.343 e. The Bertz CT molecular complexity index is 782. The summed E-state index contributed by atoms with van der Waals surface area (Å²) >= 11 is 0. The van der Waals surface area contributed by atoms with E-state index in [0.717, 1.165) is 30.8 Å². The molecular formula is C30H44O4. The van der Waals surface area contributed by atoms with Gasteiger partial charge in [0.1, 0.15) is 11.5 Å². The van der Waals surface area contributed by atoms with Crippen molar-refractivity contribution in [1.29, 1.82) is 0 Å². The largest absolute Gasteiger partial charge is 0.494 e. The molecule has 0 spiro atoms. The van der Waals surface area contributed by atoms with Crippen molar-refractivity contribution in [1.82, 2.24) is 0 Å². The van der Waals surface area contributed by atoms with Gasteiger partial charge in [0.2, 0.25) is 0 Å². The predicted molar refractivity (Wildman–Crippen MR) is 140 cm³/mol. The van der Waals surface area contributed by atoms with Gasteiger partial charge in [0.05, 0.1) is 18.3 Å².